The van der Waals surface area contributed by atoms with E-state index in [1.54, 1.807) is 4.90 Å². The molecule has 1 aliphatic heterocycles. The van der Waals surface area contributed by atoms with Crippen molar-refractivity contribution in [2.75, 3.05) is 18.0 Å². The van der Waals surface area contributed by atoms with Gasteiger partial charge in [-0.25, -0.2) is 4.79 Å². The molecule has 0 bridgehead atoms. The Morgan fingerprint density at radius 3 is 2.56 bits per heavy atom. The zero-order valence-electron chi connectivity index (χ0n) is 9.20. The van der Waals surface area contributed by atoms with Gasteiger partial charge in [0.2, 0.25) is 5.76 Å². The molecule has 98 valence electrons. The van der Waals surface area contributed by atoms with Gasteiger partial charge in [-0.05, 0) is 12.5 Å². The molecular formula is C11H10F3NO3. The Morgan fingerprint density at radius 1 is 1.39 bits per heavy atom. The fourth-order valence-corrected chi connectivity index (χ4v) is 1.74. The number of hydrogen-bond donors (Lipinski definition) is 1. The molecule has 4 nitrogen and oxygen atoms in total. The van der Waals surface area contributed by atoms with Crippen molar-refractivity contribution in [3.8, 4) is 0 Å². The zero-order chi connectivity index (χ0) is 13.3. The first kappa shape index (κ1) is 12.5. The van der Waals surface area contributed by atoms with Crippen molar-refractivity contribution in [2.45, 2.75) is 12.6 Å². The third-order valence-electron chi connectivity index (χ3n) is 2.69. The highest BCUT2D eigenvalue weighted by Crippen LogP contribution is 2.31. The maximum atomic E-state index is 12.4. The third kappa shape index (κ3) is 2.49. The van der Waals surface area contributed by atoms with Crippen molar-refractivity contribution in [1.82, 2.24) is 0 Å². The van der Waals surface area contributed by atoms with E-state index < -0.39 is 17.7 Å². The predicted octanol–water partition coefficient (Wildman–Crippen LogP) is 2.68. The monoisotopic (exact) mass is 261 g/mol. The molecule has 1 aliphatic rings. The van der Waals surface area contributed by atoms with Gasteiger partial charge in [0.15, 0.2) is 5.88 Å². The molecule has 0 fully saturated rings. The third-order valence-corrected chi connectivity index (χ3v) is 2.69. The minimum atomic E-state index is -4.29. The minimum Gasteiger partial charge on any atom is -0.475 e. The Labute approximate surface area is 100 Å². The highest BCUT2D eigenvalue weighted by Gasteiger charge is 2.35. The van der Waals surface area contributed by atoms with Crippen LogP contribution in [0.3, 0.4) is 0 Å². The van der Waals surface area contributed by atoms with Gasteiger partial charge in [-0.1, -0.05) is 6.08 Å². The molecule has 7 heteroatoms. The molecule has 0 saturated carbocycles. The number of furan rings is 1. The number of rotatable bonds is 2. The van der Waals surface area contributed by atoms with Gasteiger partial charge in [0.05, 0.1) is 0 Å². The summed E-state index contributed by atoms with van der Waals surface area (Å²) in [6.45, 7) is 0.208. The van der Waals surface area contributed by atoms with E-state index in [1.165, 1.54) is 12.1 Å². The largest absolute Gasteiger partial charge is 0.475 e. The van der Waals surface area contributed by atoms with Gasteiger partial charge in [-0.2, -0.15) is 13.2 Å². The molecule has 18 heavy (non-hydrogen) atoms. The molecular weight excluding hydrogens is 251 g/mol. The Balaban J connectivity index is 2.09. The molecule has 0 unspecified atom stereocenters. The van der Waals surface area contributed by atoms with Crippen LogP contribution in [0.25, 0.3) is 0 Å². The number of anilines is 1. The summed E-state index contributed by atoms with van der Waals surface area (Å²) < 4.78 is 42.2. The van der Waals surface area contributed by atoms with Crippen molar-refractivity contribution >= 4 is 11.9 Å². The first-order chi connectivity index (χ1) is 8.38. The van der Waals surface area contributed by atoms with Gasteiger partial charge >= 0.3 is 12.1 Å². The zero-order valence-corrected chi connectivity index (χ0v) is 9.20. The van der Waals surface area contributed by atoms with E-state index in [0.717, 1.165) is 6.08 Å². The van der Waals surface area contributed by atoms with Crippen LogP contribution in [0.15, 0.2) is 28.2 Å². The average Bonchev–Trinajstić information content (AvgIpc) is 2.77. The van der Waals surface area contributed by atoms with Crippen molar-refractivity contribution in [3.05, 3.63) is 29.5 Å². The number of halogens is 3. The molecule has 0 aromatic carbocycles. The molecule has 1 aromatic rings. The lowest BCUT2D eigenvalue weighted by molar-refractivity contribution is -0.0944. The first-order valence-corrected chi connectivity index (χ1v) is 5.22. The summed E-state index contributed by atoms with van der Waals surface area (Å²) in [4.78, 5) is 12.2. The normalized spacial score (nSPS) is 16.6. The van der Waals surface area contributed by atoms with E-state index in [2.05, 4.69) is 0 Å². The van der Waals surface area contributed by atoms with Gasteiger partial charge in [-0.3, -0.25) is 0 Å². The fraction of sp³-hybridized carbons (Fsp3) is 0.364. The number of aromatic carboxylic acids is 1. The second kappa shape index (κ2) is 4.40. The van der Waals surface area contributed by atoms with Crippen molar-refractivity contribution in [3.63, 3.8) is 0 Å². The maximum absolute atomic E-state index is 12.4. The maximum Gasteiger partial charge on any atom is 0.412 e. The van der Waals surface area contributed by atoms with Gasteiger partial charge in [0.1, 0.15) is 0 Å². The van der Waals surface area contributed by atoms with E-state index in [1.807, 2.05) is 0 Å². The van der Waals surface area contributed by atoms with Gasteiger partial charge in [-0.15, -0.1) is 0 Å². The van der Waals surface area contributed by atoms with E-state index >= 15 is 0 Å². The number of carbonyl (C=O) groups is 1. The van der Waals surface area contributed by atoms with Crippen molar-refractivity contribution in [1.29, 1.82) is 0 Å². The second-order valence-electron chi connectivity index (χ2n) is 3.87. The summed E-state index contributed by atoms with van der Waals surface area (Å²) >= 11 is 0. The summed E-state index contributed by atoms with van der Waals surface area (Å²) in [5.74, 6) is -1.16. The van der Waals surface area contributed by atoms with Gasteiger partial charge < -0.3 is 14.4 Å². The molecule has 0 atom stereocenters. The summed E-state index contributed by atoms with van der Waals surface area (Å²) in [6, 6.07) is 2.72. The lowest BCUT2D eigenvalue weighted by Crippen LogP contribution is -2.31. The Bertz CT molecular complexity index is 490. The standard InChI is InChI=1S/C11H10F3NO3/c12-11(13,14)7-3-5-15(6-4-7)9-2-1-8(18-9)10(16)17/h1-3H,4-6H2,(H,16,17). The Kier molecular flexibility index (Phi) is 3.06. The predicted molar refractivity (Wildman–Crippen MR) is 56.6 cm³/mol. The SMILES string of the molecule is O=C(O)c1ccc(N2CC=C(C(F)(F)F)CC2)o1. The quantitative estimate of drug-likeness (QED) is 0.831. The number of nitrogens with zero attached hydrogens (tertiary/aromatic N) is 1. The van der Waals surface area contributed by atoms with Crippen molar-refractivity contribution in [2.24, 2.45) is 0 Å². The average molecular weight is 261 g/mol. The topological polar surface area (TPSA) is 53.7 Å². The first-order valence-electron chi connectivity index (χ1n) is 5.22. The van der Waals surface area contributed by atoms with Crippen LogP contribution < -0.4 is 4.90 Å². The minimum absolute atomic E-state index is 0.0570. The van der Waals surface area contributed by atoms with E-state index in [4.69, 9.17) is 9.52 Å². The number of carboxylic acid groups (broad SMARTS) is 1. The van der Waals surface area contributed by atoms with Crippen LogP contribution in [0.2, 0.25) is 0 Å². The van der Waals surface area contributed by atoms with Gasteiger partial charge in [0, 0.05) is 24.7 Å². The van der Waals surface area contributed by atoms with E-state index in [-0.39, 0.29) is 31.2 Å². The second-order valence-corrected chi connectivity index (χ2v) is 3.87. The van der Waals surface area contributed by atoms with Crippen molar-refractivity contribution < 1.29 is 27.5 Å². The molecule has 2 rings (SSSR count). The molecule has 0 saturated heterocycles. The van der Waals surface area contributed by atoms with Crippen LogP contribution >= 0.6 is 0 Å². The van der Waals surface area contributed by atoms with Crippen LogP contribution in [-0.4, -0.2) is 30.3 Å². The van der Waals surface area contributed by atoms with E-state index in [9.17, 15) is 18.0 Å². The Hall–Kier alpha value is -1.92. The molecule has 1 aromatic heterocycles. The molecule has 0 spiro atoms. The molecule has 2 heterocycles. The lowest BCUT2D eigenvalue weighted by atomic mass is 10.1. The van der Waals surface area contributed by atoms with Crippen LogP contribution in [-0.2, 0) is 0 Å². The van der Waals surface area contributed by atoms with Crippen LogP contribution in [0.5, 0.6) is 0 Å². The lowest BCUT2D eigenvalue weighted by Gasteiger charge is -2.26. The van der Waals surface area contributed by atoms with Gasteiger partial charge in [0.25, 0.3) is 0 Å². The van der Waals surface area contributed by atoms with Crippen LogP contribution in [0, 0.1) is 0 Å². The molecule has 1 N–H and O–H groups in total. The summed E-state index contributed by atoms with van der Waals surface area (Å²) in [7, 11) is 0. The number of carboxylic acids is 1. The summed E-state index contributed by atoms with van der Waals surface area (Å²) in [5, 5.41) is 8.67. The highest BCUT2D eigenvalue weighted by atomic mass is 19.4. The summed E-state index contributed by atoms with van der Waals surface area (Å²) in [6.07, 6.45) is -3.33. The van der Waals surface area contributed by atoms with E-state index in [0.29, 0.717) is 0 Å². The molecule has 0 radical (unpaired) electrons. The number of hydrogen-bond acceptors (Lipinski definition) is 3. The highest BCUT2D eigenvalue weighted by molar-refractivity contribution is 5.84. The molecule has 0 amide bonds. The molecule has 0 aliphatic carbocycles. The van der Waals surface area contributed by atoms with Crippen LogP contribution in [0.1, 0.15) is 17.0 Å². The Morgan fingerprint density at radius 2 is 2.11 bits per heavy atom. The smallest absolute Gasteiger partial charge is 0.412 e. The van der Waals surface area contributed by atoms with Crippen LogP contribution in [0.4, 0.5) is 19.1 Å². The fourth-order valence-electron chi connectivity index (χ4n) is 1.74. The summed E-state index contributed by atoms with van der Waals surface area (Å²) in [5.41, 5.74) is -0.552. The number of alkyl halides is 3.